The van der Waals surface area contributed by atoms with Crippen LogP contribution in [0.25, 0.3) is 0 Å². The molecule has 0 aliphatic carbocycles. The Morgan fingerprint density at radius 3 is 2.80 bits per heavy atom. The van der Waals surface area contributed by atoms with Crippen LogP contribution >= 0.6 is 0 Å². The third-order valence-electron chi connectivity index (χ3n) is 3.98. The predicted octanol–water partition coefficient (Wildman–Crippen LogP) is 1.22. The van der Waals surface area contributed by atoms with Crippen LogP contribution in [0.5, 0.6) is 0 Å². The molecule has 0 spiro atoms. The number of hydrogen-bond donors (Lipinski definition) is 2. The molecule has 0 saturated carbocycles. The molecule has 0 bridgehead atoms. The third kappa shape index (κ3) is 5.36. The second-order valence-electron chi connectivity index (χ2n) is 5.78. The molecular weight excluding hydrogens is 258 g/mol. The maximum absolute atomic E-state index is 12.0. The van der Waals surface area contributed by atoms with Crippen molar-refractivity contribution in [2.75, 3.05) is 33.7 Å². The molecule has 1 heterocycles. The highest BCUT2D eigenvalue weighted by Crippen LogP contribution is 2.13. The maximum Gasteiger partial charge on any atom is 0.317 e. The molecule has 6 nitrogen and oxygen atoms in total. The molecule has 0 radical (unpaired) electrons. The van der Waals surface area contributed by atoms with Gasteiger partial charge in [0, 0.05) is 26.2 Å². The van der Waals surface area contributed by atoms with Gasteiger partial charge in [-0.05, 0) is 39.3 Å². The number of rotatable bonds is 6. The Bertz CT molecular complexity index is 336. The van der Waals surface area contributed by atoms with Crippen LogP contribution < -0.4 is 5.32 Å². The molecule has 1 aliphatic heterocycles. The molecule has 1 fully saturated rings. The van der Waals surface area contributed by atoms with Crippen molar-refractivity contribution in [2.24, 2.45) is 5.92 Å². The number of hydrogen-bond acceptors (Lipinski definition) is 3. The van der Waals surface area contributed by atoms with Crippen molar-refractivity contribution >= 4 is 12.0 Å². The number of likely N-dealkylation sites (N-methyl/N-ethyl adjacent to an activating group) is 2. The van der Waals surface area contributed by atoms with Gasteiger partial charge in [-0.2, -0.15) is 0 Å². The molecule has 1 saturated heterocycles. The van der Waals surface area contributed by atoms with Crippen molar-refractivity contribution in [1.29, 1.82) is 0 Å². The zero-order chi connectivity index (χ0) is 15.1. The number of urea groups is 1. The molecule has 1 aliphatic rings. The van der Waals surface area contributed by atoms with Crippen molar-refractivity contribution in [3.8, 4) is 0 Å². The van der Waals surface area contributed by atoms with Gasteiger partial charge in [-0.15, -0.1) is 0 Å². The molecule has 0 aromatic carbocycles. The number of amides is 2. The van der Waals surface area contributed by atoms with E-state index in [1.807, 2.05) is 7.05 Å². The fourth-order valence-electron chi connectivity index (χ4n) is 2.47. The molecule has 2 unspecified atom stereocenters. The summed E-state index contributed by atoms with van der Waals surface area (Å²) < 4.78 is 0. The summed E-state index contributed by atoms with van der Waals surface area (Å²) in [6.45, 7) is 4.23. The van der Waals surface area contributed by atoms with Gasteiger partial charge in [0.15, 0.2) is 0 Å². The number of carbonyl (C=O) groups excluding carboxylic acids is 1. The maximum atomic E-state index is 12.0. The van der Waals surface area contributed by atoms with Crippen molar-refractivity contribution in [3.63, 3.8) is 0 Å². The van der Waals surface area contributed by atoms with Crippen LogP contribution in [0.3, 0.4) is 0 Å². The molecule has 0 aromatic rings. The first-order valence-corrected chi connectivity index (χ1v) is 7.33. The molecule has 116 valence electrons. The quantitative estimate of drug-likeness (QED) is 0.720. The SMILES string of the molecule is CC(CCCNC(=O)N(C)C1CCCN(C)C1)C(=O)O. The van der Waals surface area contributed by atoms with Crippen LogP contribution in [0.1, 0.15) is 32.6 Å². The van der Waals surface area contributed by atoms with Gasteiger partial charge in [0.25, 0.3) is 0 Å². The number of likely N-dealkylation sites (tertiary alicyclic amines) is 1. The molecule has 1 rings (SSSR count). The van der Waals surface area contributed by atoms with E-state index in [0.29, 0.717) is 19.4 Å². The largest absolute Gasteiger partial charge is 0.481 e. The highest BCUT2D eigenvalue weighted by molar-refractivity contribution is 5.74. The minimum Gasteiger partial charge on any atom is -0.481 e. The van der Waals surface area contributed by atoms with E-state index in [-0.39, 0.29) is 18.0 Å². The van der Waals surface area contributed by atoms with E-state index >= 15 is 0 Å². The Morgan fingerprint density at radius 2 is 2.20 bits per heavy atom. The fraction of sp³-hybridized carbons (Fsp3) is 0.857. The Kier molecular flexibility index (Phi) is 6.78. The van der Waals surface area contributed by atoms with Crippen molar-refractivity contribution < 1.29 is 14.7 Å². The van der Waals surface area contributed by atoms with E-state index in [4.69, 9.17) is 5.11 Å². The summed E-state index contributed by atoms with van der Waals surface area (Å²) in [5.74, 6) is -1.13. The van der Waals surface area contributed by atoms with Gasteiger partial charge >= 0.3 is 12.0 Å². The Morgan fingerprint density at radius 1 is 1.50 bits per heavy atom. The van der Waals surface area contributed by atoms with Gasteiger partial charge in [-0.1, -0.05) is 6.92 Å². The van der Waals surface area contributed by atoms with Gasteiger partial charge in [-0.3, -0.25) is 4.79 Å². The second kappa shape index (κ2) is 8.09. The predicted molar refractivity (Wildman–Crippen MR) is 77.7 cm³/mol. The average Bonchev–Trinajstić information content (AvgIpc) is 2.42. The highest BCUT2D eigenvalue weighted by atomic mass is 16.4. The van der Waals surface area contributed by atoms with E-state index < -0.39 is 5.97 Å². The van der Waals surface area contributed by atoms with Crippen LogP contribution in [0.4, 0.5) is 4.79 Å². The summed E-state index contributed by atoms with van der Waals surface area (Å²) in [6, 6.07) is 0.208. The van der Waals surface area contributed by atoms with E-state index in [9.17, 15) is 9.59 Å². The smallest absolute Gasteiger partial charge is 0.317 e. The molecule has 2 amide bonds. The van der Waals surface area contributed by atoms with E-state index in [1.54, 1.807) is 11.8 Å². The normalized spacial score (nSPS) is 21.2. The summed E-state index contributed by atoms with van der Waals surface area (Å²) in [6.07, 6.45) is 3.45. The van der Waals surface area contributed by atoms with E-state index in [0.717, 1.165) is 25.9 Å². The molecule has 0 aromatic heterocycles. The Balaban J connectivity index is 2.23. The zero-order valence-electron chi connectivity index (χ0n) is 12.8. The third-order valence-corrected chi connectivity index (χ3v) is 3.98. The monoisotopic (exact) mass is 285 g/mol. The van der Waals surface area contributed by atoms with Crippen LogP contribution in [0.15, 0.2) is 0 Å². The lowest BCUT2D eigenvalue weighted by Gasteiger charge is -2.35. The van der Waals surface area contributed by atoms with Gasteiger partial charge < -0.3 is 20.2 Å². The van der Waals surface area contributed by atoms with Crippen LogP contribution in [-0.4, -0.2) is 66.7 Å². The summed E-state index contributed by atoms with van der Waals surface area (Å²) in [5.41, 5.74) is 0. The number of carboxylic acids is 1. The minimum absolute atomic E-state index is 0.0618. The molecule has 2 atom stereocenters. The van der Waals surface area contributed by atoms with Crippen LogP contribution in [-0.2, 0) is 4.79 Å². The van der Waals surface area contributed by atoms with E-state index in [1.165, 1.54) is 0 Å². The van der Waals surface area contributed by atoms with Gasteiger partial charge in [0.1, 0.15) is 0 Å². The topological polar surface area (TPSA) is 72.9 Å². The molecule has 2 N–H and O–H groups in total. The van der Waals surface area contributed by atoms with Crippen molar-refractivity contribution in [3.05, 3.63) is 0 Å². The summed E-state index contributed by atoms with van der Waals surface area (Å²) in [5, 5.41) is 11.6. The summed E-state index contributed by atoms with van der Waals surface area (Å²) in [4.78, 5) is 26.7. The highest BCUT2D eigenvalue weighted by Gasteiger charge is 2.24. The number of nitrogens with one attached hydrogen (secondary N) is 1. The van der Waals surface area contributed by atoms with Gasteiger partial charge in [0.05, 0.1) is 5.92 Å². The lowest BCUT2D eigenvalue weighted by molar-refractivity contribution is -0.141. The number of piperidine rings is 1. The number of aliphatic carboxylic acids is 1. The van der Waals surface area contributed by atoms with E-state index in [2.05, 4.69) is 17.3 Å². The van der Waals surface area contributed by atoms with Gasteiger partial charge in [0.2, 0.25) is 0 Å². The summed E-state index contributed by atoms with van der Waals surface area (Å²) >= 11 is 0. The van der Waals surface area contributed by atoms with Crippen LogP contribution in [0.2, 0.25) is 0 Å². The molecule has 6 heteroatoms. The van der Waals surface area contributed by atoms with Crippen molar-refractivity contribution in [1.82, 2.24) is 15.1 Å². The second-order valence-corrected chi connectivity index (χ2v) is 5.78. The number of nitrogens with zero attached hydrogens (tertiary/aromatic N) is 2. The number of carbonyl (C=O) groups is 2. The zero-order valence-corrected chi connectivity index (χ0v) is 12.8. The minimum atomic E-state index is -0.779. The lowest BCUT2D eigenvalue weighted by atomic mass is 10.1. The van der Waals surface area contributed by atoms with Crippen molar-refractivity contribution in [2.45, 2.75) is 38.6 Å². The first-order valence-electron chi connectivity index (χ1n) is 7.33. The Hall–Kier alpha value is -1.30. The lowest BCUT2D eigenvalue weighted by Crippen LogP contribution is -2.50. The standard InChI is InChI=1S/C14H27N3O3/c1-11(13(18)19)6-4-8-15-14(20)17(3)12-7-5-9-16(2)10-12/h11-12H,4-10H2,1-3H3,(H,15,20)(H,18,19). The fourth-order valence-corrected chi connectivity index (χ4v) is 2.47. The van der Waals surface area contributed by atoms with Crippen LogP contribution in [0, 0.1) is 5.92 Å². The molecular formula is C14H27N3O3. The van der Waals surface area contributed by atoms with Gasteiger partial charge in [-0.25, -0.2) is 4.79 Å². The number of carboxylic acid groups (broad SMARTS) is 1. The first kappa shape index (κ1) is 16.8. The average molecular weight is 285 g/mol. The molecule has 20 heavy (non-hydrogen) atoms. The summed E-state index contributed by atoms with van der Waals surface area (Å²) in [7, 11) is 3.91. The first-order chi connectivity index (χ1) is 9.41. The Labute approximate surface area is 121 Å².